The van der Waals surface area contributed by atoms with Crippen molar-refractivity contribution in [3.05, 3.63) is 11.6 Å². The van der Waals surface area contributed by atoms with Gasteiger partial charge in [0.15, 0.2) is 25.2 Å². The molecule has 5 heterocycles. The Morgan fingerprint density at radius 1 is 0.529 bits per heavy atom. The Labute approximate surface area is 504 Å². The molecule has 5 saturated heterocycles. The fourth-order valence-corrected chi connectivity index (χ4v) is 17.6. The van der Waals surface area contributed by atoms with Crippen molar-refractivity contribution in [2.75, 3.05) is 39.6 Å². The number of carbonyl (C=O) groups is 1. The zero-order valence-corrected chi connectivity index (χ0v) is 50.2. The highest BCUT2D eigenvalue weighted by Crippen LogP contribution is 2.76. The third-order valence-corrected chi connectivity index (χ3v) is 23.3. The summed E-state index contributed by atoms with van der Waals surface area (Å²) in [6.07, 6.45) is -32.6. The van der Waals surface area contributed by atoms with Crippen LogP contribution in [0.25, 0.3) is 0 Å². The van der Waals surface area contributed by atoms with Gasteiger partial charge in [-0.2, -0.15) is 0 Å². The van der Waals surface area contributed by atoms with Crippen molar-refractivity contribution in [3.63, 3.8) is 0 Å². The van der Waals surface area contributed by atoms with Crippen LogP contribution < -0.4 is 0 Å². The first-order valence-corrected chi connectivity index (χ1v) is 30.9. The van der Waals surface area contributed by atoms with Crippen LogP contribution in [0, 0.1) is 50.2 Å². The van der Waals surface area contributed by atoms with Crippen LogP contribution in [0.4, 0.5) is 0 Å². The molecule has 0 radical (unpaired) electrons. The van der Waals surface area contributed by atoms with Crippen LogP contribution in [-0.2, 0) is 52.2 Å². The molecular weight excluding hydrogens is 1160 g/mol. The minimum absolute atomic E-state index is 0.0773. The maximum atomic E-state index is 15.1. The molecule has 0 aromatic heterocycles. The monoisotopic (exact) mass is 1250 g/mol. The van der Waals surface area contributed by atoms with E-state index in [1.165, 1.54) is 0 Å². The fourth-order valence-electron chi connectivity index (χ4n) is 17.6. The smallest absolute Gasteiger partial charge is 0.315 e. The normalized spacial score (nSPS) is 54.3. The molecule has 5 aliphatic heterocycles. The highest BCUT2D eigenvalue weighted by molar-refractivity contribution is 5.79. The summed E-state index contributed by atoms with van der Waals surface area (Å²) in [6, 6.07) is 0. The molecule has 500 valence electrons. The van der Waals surface area contributed by atoms with Gasteiger partial charge in [0.1, 0.15) is 116 Å². The van der Waals surface area contributed by atoms with Crippen molar-refractivity contribution in [3.8, 4) is 0 Å². The van der Waals surface area contributed by atoms with Gasteiger partial charge in [0.2, 0.25) is 6.29 Å². The van der Waals surface area contributed by atoms with E-state index in [0.717, 1.165) is 12.0 Å². The quantitative estimate of drug-likeness (QED) is 0.0417. The second-order valence-corrected chi connectivity index (χ2v) is 28.5. The Hall–Kier alpha value is -1.83. The molecular formula is C59H96O28. The molecule has 10 aliphatic rings. The number of aliphatic hydroxyl groups excluding tert-OH is 17. The number of allylic oxidation sites excluding steroid dienone is 2. The molecule has 0 bridgehead atoms. The predicted octanol–water partition coefficient (Wildman–Crippen LogP) is -4.60. The molecule has 28 heteroatoms. The van der Waals surface area contributed by atoms with E-state index < -0.39 is 209 Å². The summed E-state index contributed by atoms with van der Waals surface area (Å²) >= 11 is 0. The maximum absolute atomic E-state index is 15.1. The van der Waals surface area contributed by atoms with Crippen molar-refractivity contribution < 1.29 is 139 Å². The molecule has 33 unspecified atom stereocenters. The van der Waals surface area contributed by atoms with Gasteiger partial charge in [0, 0.05) is 5.41 Å². The highest BCUT2D eigenvalue weighted by atomic mass is 16.8. The van der Waals surface area contributed by atoms with Crippen LogP contribution in [0.1, 0.15) is 106 Å². The Bertz CT molecular complexity index is 2400. The number of aliphatic hydroxyl groups is 17. The van der Waals surface area contributed by atoms with Gasteiger partial charge in [-0.05, 0) is 104 Å². The van der Waals surface area contributed by atoms with Crippen molar-refractivity contribution in [1.82, 2.24) is 0 Å². The molecule has 10 rings (SSSR count). The molecule has 33 atom stereocenters. The fraction of sp³-hybridized carbons (Fsp3) is 0.949. The van der Waals surface area contributed by atoms with E-state index in [1.807, 2.05) is 6.92 Å². The second kappa shape index (κ2) is 25.5. The maximum Gasteiger partial charge on any atom is 0.315 e. The zero-order valence-electron chi connectivity index (χ0n) is 50.2. The molecule has 0 spiro atoms. The number of hydrogen-bond acceptors (Lipinski definition) is 28. The number of carbonyl (C=O) groups excluding carboxylic acids is 1. The number of esters is 1. The molecule has 4 saturated carbocycles. The molecule has 9 fully saturated rings. The van der Waals surface area contributed by atoms with Gasteiger partial charge in [-0.15, -0.1) is 0 Å². The van der Waals surface area contributed by atoms with Gasteiger partial charge in [-0.25, -0.2) is 0 Å². The lowest BCUT2D eigenvalue weighted by atomic mass is 9.33. The molecule has 28 nitrogen and oxygen atoms in total. The summed E-state index contributed by atoms with van der Waals surface area (Å²) < 4.78 is 58.5. The Balaban J connectivity index is 0.818. The van der Waals surface area contributed by atoms with E-state index >= 15 is 4.79 Å². The predicted molar refractivity (Wildman–Crippen MR) is 291 cm³/mol. The third-order valence-electron chi connectivity index (χ3n) is 23.3. The highest BCUT2D eigenvalue weighted by Gasteiger charge is 2.71. The van der Waals surface area contributed by atoms with Crippen LogP contribution in [0.5, 0.6) is 0 Å². The average Bonchev–Trinajstić information content (AvgIpc) is 0.693. The van der Waals surface area contributed by atoms with Crippen molar-refractivity contribution in [1.29, 1.82) is 0 Å². The first kappa shape index (κ1) is 68.0. The molecule has 87 heavy (non-hydrogen) atoms. The van der Waals surface area contributed by atoms with E-state index in [-0.39, 0.29) is 40.6 Å². The molecule has 0 aromatic rings. The Morgan fingerprint density at radius 3 is 1.67 bits per heavy atom. The van der Waals surface area contributed by atoms with Gasteiger partial charge in [-0.1, -0.05) is 53.2 Å². The number of rotatable bonds is 15. The first-order valence-electron chi connectivity index (χ1n) is 30.9. The summed E-state index contributed by atoms with van der Waals surface area (Å²) in [4.78, 5) is 15.1. The Morgan fingerprint density at radius 2 is 1.06 bits per heavy atom. The second-order valence-electron chi connectivity index (χ2n) is 28.5. The first-order chi connectivity index (χ1) is 40.9. The van der Waals surface area contributed by atoms with E-state index in [1.54, 1.807) is 0 Å². The topological polar surface area (TPSA) is 453 Å². The minimum Gasteiger partial charge on any atom is -0.432 e. The van der Waals surface area contributed by atoms with Gasteiger partial charge in [0.25, 0.3) is 0 Å². The largest absolute Gasteiger partial charge is 0.432 e. The molecule has 5 aliphatic carbocycles. The van der Waals surface area contributed by atoms with Crippen LogP contribution >= 0.6 is 0 Å². The van der Waals surface area contributed by atoms with Crippen LogP contribution in [0.2, 0.25) is 0 Å². The van der Waals surface area contributed by atoms with Gasteiger partial charge >= 0.3 is 5.97 Å². The number of hydrogen-bond donors (Lipinski definition) is 17. The number of ether oxygens (including phenoxy) is 10. The lowest BCUT2D eigenvalue weighted by Crippen LogP contribution is -2.68. The standard InChI is InChI=1S/C59H96O28/c1-54(2)13-15-59(53(77)87-52-43(74)38(69)36(67)30(83-52)22-79-48-42(73)37(68)35(66)27(18-60)80-48)16-14-57(5)24(25(59)17-54)7-8-32-55(3)11-10-33(56(4,23-63)31(55)9-12-58(32,57)6)84-50-44(75)39(70)47(29(20-62)81-50)86-51-45(76)40(71)46(28(19-61)82-51)85-49-41(72)34(65)26(64)21-78-49/h7,25-52,60-76H,8-23H2,1-6H3. The zero-order chi connectivity index (χ0) is 63.4. The van der Waals surface area contributed by atoms with E-state index in [4.69, 9.17) is 47.4 Å². The Kier molecular flexibility index (Phi) is 19.9. The third kappa shape index (κ3) is 11.5. The van der Waals surface area contributed by atoms with Crippen molar-refractivity contribution in [2.24, 2.45) is 50.2 Å². The van der Waals surface area contributed by atoms with Gasteiger partial charge < -0.3 is 134 Å². The van der Waals surface area contributed by atoms with E-state index in [2.05, 4.69) is 40.7 Å². The minimum atomic E-state index is -1.95. The van der Waals surface area contributed by atoms with Crippen LogP contribution in [-0.4, -0.2) is 286 Å². The van der Waals surface area contributed by atoms with Crippen molar-refractivity contribution >= 4 is 5.97 Å². The summed E-state index contributed by atoms with van der Waals surface area (Å²) in [6.45, 7) is 9.57. The average molecular weight is 1250 g/mol. The molecule has 0 aromatic carbocycles. The SMILES string of the molecule is CC1(C)CCC2(C(=O)OC3OC(COC4OC(CO)C(O)C(O)C4O)C(O)C(O)C3O)CCC3(C)C(=CCC4C5(C)CCC(OC6OC(CO)C(OC7OC(CO)C(OC8OCC(O)C(O)C8O)C(O)C7O)C(O)C6O)C(C)(CO)C5CCC43C)C2C1. The van der Waals surface area contributed by atoms with Crippen LogP contribution in [0.3, 0.4) is 0 Å². The molecule has 17 N–H and O–H groups in total. The van der Waals surface area contributed by atoms with Gasteiger partial charge in [0.05, 0.1) is 51.2 Å². The summed E-state index contributed by atoms with van der Waals surface area (Å²) in [5, 5.41) is 183. The lowest BCUT2D eigenvalue weighted by molar-refractivity contribution is -0.380. The number of fused-ring (bicyclic) bond motifs is 7. The van der Waals surface area contributed by atoms with Gasteiger partial charge in [-0.3, -0.25) is 4.79 Å². The summed E-state index contributed by atoms with van der Waals surface area (Å²) in [5.74, 6) is -0.972. The summed E-state index contributed by atoms with van der Waals surface area (Å²) in [7, 11) is 0. The van der Waals surface area contributed by atoms with E-state index in [0.29, 0.717) is 57.8 Å². The van der Waals surface area contributed by atoms with Crippen molar-refractivity contribution in [2.45, 2.75) is 259 Å². The van der Waals surface area contributed by atoms with E-state index in [9.17, 15) is 86.8 Å². The summed E-state index contributed by atoms with van der Waals surface area (Å²) in [5.41, 5.74) is -2.15. The molecule has 0 amide bonds. The lowest BCUT2D eigenvalue weighted by Gasteiger charge is -2.71. The van der Waals surface area contributed by atoms with Crippen LogP contribution in [0.15, 0.2) is 11.6 Å².